The van der Waals surface area contributed by atoms with Crippen LogP contribution in [0.2, 0.25) is 0 Å². The summed E-state index contributed by atoms with van der Waals surface area (Å²) in [4.78, 5) is 31.2. The second-order valence-electron chi connectivity index (χ2n) is 5.31. The molecular weight excluding hydrogens is 286 g/mol. The Morgan fingerprint density at radius 3 is 2.81 bits per heavy atom. The minimum Gasteiger partial charge on any atom is -0.329 e. The van der Waals surface area contributed by atoms with Crippen molar-refractivity contribution in [1.29, 1.82) is 0 Å². The Kier molecular flexibility index (Phi) is 5.50. The van der Waals surface area contributed by atoms with E-state index in [1.807, 2.05) is 6.92 Å². The van der Waals surface area contributed by atoms with E-state index < -0.39 is 0 Å². The van der Waals surface area contributed by atoms with E-state index in [9.17, 15) is 9.59 Å². The number of rotatable bonds is 6. The lowest BCUT2D eigenvalue weighted by molar-refractivity contribution is -0.137. The summed E-state index contributed by atoms with van der Waals surface area (Å²) in [5, 5.41) is 3.31. The molecule has 1 aromatic heterocycles. The largest absolute Gasteiger partial charge is 0.329 e. The highest BCUT2D eigenvalue weighted by Crippen LogP contribution is 2.26. The van der Waals surface area contributed by atoms with E-state index in [0.29, 0.717) is 11.7 Å². The first-order valence-electron chi connectivity index (χ1n) is 7.22. The summed E-state index contributed by atoms with van der Waals surface area (Å²) >= 11 is 1.42. The summed E-state index contributed by atoms with van der Waals surface area (Å²) < 4.78 is 0. The van der Waals surface area contributed by atoms with Crippen molar-refractivity contribution in [3.8, 4) is 0 Å². The summed E-state index contributed by atoms with van der Waals surface area (Å²) in [5.74, 6) is -0.0738. The van der Waals surface area contributed by atoms with Crippen LogP contribution in [-0.4, -0.2) is 34.8 Å². The number of carbonyl (C=O) groups is 2. The number of thiazole rings is 1. The third-order valence-electron chi connectivity index (χ3n) is 3.57. The molecule has 1 heterocycles. The first-order valence-corrected chi connectivity index (χ1v) is 8.03. The lowest BCUT2D eigenvalue weighted by Gasteiger charge is -2.23. The van der Waals surface area contributed by atoms with E-state index in [4.69, 9.17) is 0 Å². The van der Waals surface area contributed by atoms with Crippen molar-refractivity contribution < 1.29 is 9.59 Å². The molecule has 114 valence electrons. The van der Waals surface area contributed by atoms with Crippen molar-refractivity contribution in [3.05, 3.63) is 23.7 Å². The van der Waals surface area contributed by atoms with Crippen LogP contribution in [0.15, 0.2) is 18.9 Å². The topological polar surface area (TPSA) is 62.3 Å². The molecule has 1 fully saturated rings. The van der Waals surface area contributed by atoms with E-state index in [1.165, 1.54) is 11.3 Å². The maximum Gasteiger partial charge on any atom is 0.245 e. The van der Waals surface area contributed by atoms with Gasteiger partial charge in [0.25, 0.3) is 0 Å². The molecule has 0 aliphatic heterocycles. The minimum atomic E-state index is -0.211. The smallest absolute Gasteiger partial charge is 0.245 e. The molecule has 2 amide bonds. The normalized spacial score (nSPS) is 14.9. The van der Waals surface area contributed by atoms with Gasteiger partial charge in [-0.15, -0.1) is 17.9 Å². The second kappa shape index (κ2) is 7.36. The predicted molar refractivity (Wildman–Crippen MR) is 84.2 cm³/mol. The number of hydrogen-bond donors (Lipinski definition) is 1. The third kappa shape index (κ3) is 4.39. The van der Waals surface area contributed by atoms with Crippen LogP contribution in [0.25, 0.3) is 0 Å². The molecule has 1 aliphatic carbocycles. The highest BCUT2D eigenvalue weighted by atomic mass is 32.1. The summed E-state index contributed by atoms with van der Waals surface area (Å²) in [6.07, 6.45) is 7.44. The molecular formula is C15H21N3O2S. The molecule has 0 atom stereocenters. The van der Waals surface area contributed by atoms with Gasteiger partial charge in [0.1, 0.15) is 6.54 Å². The number of carbonyl (C=O) groups excluding carboxylic acids is 2. The number of nitrogens with one attached hydrogen (secondary N) is 1. The highest BCUT2D eigenvalue weighted by Gasteiger charge is 2.27. The van der Waals surface area contributed by atoms with Crippen LogP contribution in [0, 0.1) is 12.8 Å². The molecule has 21 heavy (non-hydrogen) atoms. The maximum absolute atomic E-state index is 12.4. The standard InChI is InChI=1S/C15H21N3O2S/c1-3-8-18(14(20)12-6-4-5-7-12)10-13(19)17-15-16-9-11(2)21-15/h3,9,12H,1,4-8,10H2,2H3,(H,16,17,19). The van der Waals surface area contributed by atoms with Gasteiger partial charge in [0, 0.05) is 23.5 Å². The van der Waals surface area contributed by atoms with E-state index in [-0.39, 0.29) is 24.3 Å². The number of aromatic nitrogens is 1. The monoisotopic (exact) mass is 307 g/mol. The first kappa shape index (κ1) is 15.7. The van der Waals surface area contributed by atoms with E-state index in [0.717, 1.165) is 30.6 Å². The lowest BCUT2D eigenvalue weighted by Crippen LogP contribution is -2.40. The van der Waals surface area contributed by atoms with Gasteiger partial charge >= 0.3 is 0 Å². The van der Waals surface area contributed by atoms with Crippen LogP contribution in [0.3, 0.4) is 0 Å². The van der Waals surface area contributed by atoms with Gasteiger partial charge in [-0.05, 0) is 19.8 Å². The zero-order chi connectivity index (χ0) is 15.2. The van der Waals surface area contributed by atoms with Crippen LogP contribution in [0.1, 0.15) is 30.6 Å². The van der Waals surface area contributed by atoms with Gasteiger partial charge in [-0.3, -0.25) is 9.59 Å². The Bertz CT molecular complexity index is 521. The van der Waals surface area contributed by atoms with Crippen LogP contribution in [-0.2, 0) is 9.59 Å². The summed E-state index contributed by atoms with van der Waals surface area (Å²) in [7, 11) is 0. The fourth-order valence-electron chi connectivity index (χ4n) is 2.56. The fourth-order valence-corrected chi connectivity index (χ4v) is 3.24. The quantitative estimate of drug-likeness (QED) is 0.822. The van der Waals surface area contributed by atoms with Gasteiger partial charge in [-0.25, -0.2) is 4.98 Å². The van der Waals surface area contributed by atoms with Gasteiger partial charge < -0.3 is 10.2 Å². The molecule has 5 nitrogen and oxygen atoms in total. The second-order valence-corrected chi connectivity index (χ2v) is 6.55. The molecule has 6 heteroatoms. The van der Waals surface area contributed by atoms with Crippen molar-refractivity contribution in [2.75, 3.05) is 18.4 Å². The Morgan fingerprint density at radius 2 is 2.24 bits per heavy atom. The SMILES string of the molecule is C=CCN(CC(=O)Nc1ncc(C)s1)C(=O)C1CCCC1. The summed E-state index contributed by atoms with van der Waals surface area (Å²) in [6.45, 7) is 6.06. The Morgan fingerprint density at radius 1 is 1.52 bits per heavy atom. The zero-order valence-electron chi connectivity index (χ0n) is 12.3. The molecule has 0 saturated heterocycles. The van der Waals surface area contributed by atoms with Crippen molar-refractivity contribution in [3.63, 3.8) is 0 Å². The number of hydrogen-bond acceptors (Lipinski definition) is 4. The summed E-state index contributed by atoms with van der Waals surface area (Å²) in [5.41, 5.74) is 0. The molecule has 0 aromatic carbocycles. The first-order chi connectivity index (χ1) is 10.1. The molecule has 1 N–H and O–H groups in total. The van der Waals surface area contributed by atoms with Gasteiger partial charge in [0.15, 0.2) is 5.13 Å². The van der Waals surface area contributed by atoms with Gasteiger partial charge in [0.2, 0.25) is 11.8 Å². The van der Waals surface area contributed by atoms with Crippen molar-refractivity contribution >= 4 is 28.3 Å². The highest BCUT2D eigenvalue weighted by molar-refractivity contribution is 7.15. The fraction of sp³-hybridized carbons (Fsp3) is 0.533. The van der Waals surface area contributed by atoms with Gasteiger partial charge in [0.05, 0.1) is 0 Å². The van der Waals surface area contributed by atoms with Crippen molar-refractivity contribution in [2.45, 2.75) is 32.6 Å². The molecule has 0 bridgehead atoms. The lowest BCUT2D eigenvalue weighted by atomic mass is 10.1. The minimum absolute atomic E-state index is 0.0555. The molecule has 1 aromatic rings. The Labute approximate surface area is 129 Å². The van der Waals surface area contributed by atoms with E-state index >= 15 is 0 Å². The van der Waals surface area contributed by atoms with E-state index in [1.54, 1.807) is 17.2 Å². The van der Waals surface area contributed by atoms with E-state index in [2.05, 4.69) is 16.9 Å². The Balaban J connectivity index is 1.93. The average molecular weight is 307 g/mol. The predicted octanol–water partition coefficient (Wildman–Crippen LogP) is 2.59. The Hall–Kier alpha value is -1.69. The van der Waals surface area contributed by atoms with Crippen LogP contribution in [0.4, 0.5) is 5.13 Å². The van der Waals surface area contributed by atoms with Crippen molar-refractivity contribution in [2.24, 2.45) is 5.92 Å². The van der Waals surface area contributed by atoms with Crippen LogP contribution in [0.5, 0.6) is 0 Å². The van der Waals surface area contributed by atoms with Crippen molar-refractivity contribution in [1.82, 2.24) is 9.88 Å². The van der Waals surface area contributed by atoms with Crippen LogP contribution < -0.4 is 5.32 Å². The molecule has 0 radical (unpaired) electrons. The molecule has 1 aliphatic rings. The summed E-state index contributed by atoms with van der Waals surface area (Å²) in [6, 6.07) is 0. The number of nitrogens with zero attached hydrogens (tertiary/aromatic N) is 2. The molecule has 0 spiro atoms. The zero-order valence-corrected chi connectivity index (χ0v) is 13.1. The van der Waals surface area contributed by atoms with Crippen LogP contribution >= 0.6 is 11.3 Å². The number of anilines is 1. The molecule has 0 unspecified atom stereocenters. The van der Waals surface area contributed by atoms with Gasteiger partial charge in [-0.1, -0.05) is 18.9 Å². The average Bonchev–Trinajstić information content (AvgIpc) is 3.09. The number of amides is 2. The number of aryl methyl sites for hydroxylation is 1. The maximum atomic E-state index is 12.4. The third-order valence-corrected chi connectivity index (χ3v) is 4.40. The van der Waals surface area contributed by atoms with Gasteiger partial charge in [-0.2, -0.15) is 0 Å². The molecule has 1 saturated carbocycles. The molecule has 2 rings (SSSR count).